The van der Waals surface area contributed by atoms with Crippen LogP contribution in [0.1, 0.15) is 73.4 Å². The quantitative estimate of drug-likeness (QED) is 0.604. The largest absolute Gasteiger partial charge is 0.385 e. The summed E-state index contributed by atoms with van der Waals surface area (Å²) in [4.78, 5) is 19.5. The Morgan fingerprint density at radius 3 is 2.70 bits per heavy atom. The average Bonchev–Trinajstić information content (AvgIpc) is 3.40. The molecule has 2 aromatic rings. The van der Waals surface area contributed by atoms with Crippen LogP contribution in [0.15, 0.2) is 42.6 Å². The first kappa shape index (κ1) is 21.6. The molecule has 2 bridgehead atoms. The highest BCUT2D eigenvalue weighted by atomic mass is 16.5. The molecule has 5 rings (SSSR count). The number of carbonyl (C=O) groups is 1. The fraction of sp³-hybridized carbons (Fsp3) is 0.423. The van der Waals surface area contributed by atoms with Crippen molar-refractivity contribution < 1.29 is 14.6 Å². The number of aromatic nitrogens is 2. The van der Waals surface area contributed by atoms with Crippen molar-refractivity contribution in [2.24, 2.45) is 5.41 Å². The molecule has 1 saturated heterocycles. The predicted molar refractivity (Wildman–Crippen MR) is 124 cm³/mol. The summed E-state index contributed by atoms with van der Waals surface area (Å²) >= 11 is 0. The molecule has 1 fully saturated rings. The zero-order valence-corrected chi connectivity index (χ0v) is 18.9. The van der Waals surface area contributed by atoms with E-state index in [0.717, 1.165) is 30.4 Å². The van der Waals surface area contributed by atoms with Crippen LogP contribution in [0.2, 0.25) is 0 Å². The Hall–Kier alpha value is -3.21. The van der Waals surface area contributed by atoms with Gasteiger partial charge in [0, 0.05) is 24.1 Å². The highest BCUT2D eigenvalue weighted by molar-refractivity contribution is 6.03. The van der Waals surface area contributed by atoms with Crippen LogP contribution in [-0.2, 0) is 10.3 Å². The van der Waals surface area contributed by atoms with Crippen LogP contribution in [0.3, 0.4) is 0 Å². The number of ether oxygens (including phenoxy) is 1. The third-order valence-corrected chi connectivity index (χ3v) is 7.00. The average molecular weight is 445 g/mol. The highest BCUT2D eigenvalue weighted by Crippen LogP contribution is 2.44. The Balaban J connectivity index is 1.49. The van der Waals surface area contributed by atoms with E-state index in [1.807, 2.05) is 36.4 Å². The molecule has 3 aliphatic rings. The lowest BCUT2D eigenvalue weighted by molar-refractivity contribution is -0.107. The summed E-state index contributed by atoms with van der Waals surface area (Å²) < 4.78 is 5.85. The summed E-state index contributed by atoms with van der Waals surface area (Å²) in [5.74, 6) is -0.319. The van der Waals surface area contributed by atoms with Crippen LogP contribution in [0.25, 0.3) is 5.57 Å². The molecule has 0 radical (unpaired) electrons. The van der Waals surface area contributed by atoms with Gasteiger partial charge in [-0.05, 0) is 47.9 Å². The zero-order valence-electron chi connectivity index (χ0n) is 18.9. The minimum absolute atomic E-state index is 0.0699. The summed E-state index contributed by atoms with van der Waals surface area (Å²) in [6, 6.07) is 7.72. The van der Waals surface area contributed by atoms with E-state index in [2.05, 4.69) is 35.2 Å². The van der Waals surface area contributed by atoms with E-state index in [4.69, 9.17) is 10.00 Å². The predicted octanol–water partition coefficient (Wildman–Crippen LogP) is 4.43. The molecule has 1 amide bonds. The number of hydrogen-bond acceptors (Lipinski definition) is 5. The van der Waals surface area contributed by atoms with Crippen molar-refractivity contribution in [1.82, 2.24) is 9.97 Å². The summed E-state index contributed by atoms with van der Waals surface area (Å²) in [6.45, 7) is 4.52. The van der Waals surface area contributed by atoms with Crippen LogP contribution in [0.5, 0.6) is 0 Å². The minimum Gasteiger partial charge on any atom is -0.385 e. The Labute approximate surface area is 193 Å². The number of benzene rings is 1. The second kappa shape index (κ2) is 7.98. The zero-order chi connectivity index (χ0) is 23.2. The van der Waals surface area contributed by atoms with E-state index >= 15 is 0 Å². The molecule has 2 aliphatic heterocycles. The van der Waals surface area contributed by atoms with E-state index < -0.39 is 11.5 Å². The summed E-state index contributed by atoms with van der Waals surface area (Å²) in [7, 11) is 0. The summed E-state index contributed by atoms with van der Waals surface area (Å²) in [6.07, 6.45) is 11.4. The Kier molecular flexibility index (Phi) is 5.23. The third kappa shape index (κ3) is 4.24. The summed E-state index contributed by atoms with van der Waals surface area (Å²) in [5, 5.41) is 23.5. The number of H-pyrrole nitrogens is 1. The fourth-order valence-electron chi connectivity index (χ4n) is 4.98. The van der Waals surface area contributed by atoms with Crippen LogP contribution in [-0.4, -0.2) is 33.2 Å². The van der Waals surface area contributed by atoms with Crippen LogP contribution in [0, 0.1) is 16.7 Å². The van der Waals surface area contributed by atoms with Crippen molar-refractivity contribution in [3.63, 3.8) is 0 Å². The number of imidazole rings is 1. The molecule has 0 spiro atoms. The lowest BCUT2D eigenvalue weighted by atomic mass is 9.76. The maximum atomic E-state index is 12.8. The van der Waals surface area contributed by atoms with Crippen molar-refractivity contribution in [3.8, 4) is 6.07 Å². The van der Waals surface area contributed by atoms with E-state index in [9.17, 15) is 9.90 Å². The van der Waals surface area contributed by atoms with Crippen LogP contribution < -0.4 is 5.32 Å². The molecule has 3 heterocycles. The van der Waals surface area contributed by atoms with Gasteiger partial charge in [-0.25, -0.2) is 4.98 Å². The topological polar surface area (TPSA) is 111 Å². The monoisotopic (exact) mass is 444 g/mol. The van der Waals surface area contributed by atoms with Gasteiger partial charge in [0.2, 0.25) is 0 Å². The molecule has 7 nitrogen and oxygen atoms in total. The molecule has 3 N–H and O–H groups in total. The number of aliphatic hydroxyl groups is 1. The van der Waals surface area contributed by atoms with Crippen LogP contribution in [0.4, 0.5) is 5.69 Å². The van der Waals surface area contributed by atoms with Crippen molar-refractivity contribution >= 4 is 17.2 Å². The van der Waals surface area contributed by atoms with Gasteiger partial charge in [0.25, 0.3) is 5.91 Å². The number of carbonyl (C=O) groups excluding carboxylic acids is 1. The van der Waals surface area contributed by atoms with Crippen molar-refractivity contribution in [2.75, 3.05) is 5.32 Å². The standard InChI is InChI=1S/C26H28N4O3/c1-25(2)9-7-16(8-10-25)21-11-17(26(32)12-19-4-5-20(13-26)33-19)3-6-22(21)30-24(31)23-28-15-18(14-27)29-23/h3-7,11,15,19-20,32H,8-10,12-13H2,1-2H3,(H,28,29)(H,30,31)/t19-,20?,26?/m0/s1. The van der Waals surface area contributed by atoms with Gasteiger partial charge in [0.1, 0.15) is 11.8 Å². The van der Waals surface area contributed by atoms with Gasteiger partial charge in [-0.2, -0.15) is 5.26 Å². The van der Waals surface area contributed by atoms with Gasteiger partial charge in [0.15, 0.2) is 5.82 Å². The Morgan fingerprint density at radius 2 is 2.06 bits per heavy atom. The number of hydrogen-bond donors (Lipinski definition) is 3. The SMILES string of the molecule is CC1(C)CC=C(c2cc(C3(O)CC4C=C[C@@H](C3)O4)ccc2NC(=O)c2ncc(C#N)[nH]2)CC1. The number of amides is 1. The lowest BCUT2D eigenvalue weighted by Gasteiger charge is -2.37. The molecule has 1 aromatic heterocycles. The van der Waals surface area contributed by atoms with Crippen molar-refractivity contribution in [1.29, 1.82) is 5.26 Å². The fourth-order valence-corrected chi connectivity index (χ4v) is 4.98. The molecule has 33 heavy (non-hydrogen) atoms. The number of anilines is 1. The highest BCUT2D eigenvalue weighted by Gasteiger charge is 2.42. The first-order valence-electron chi connectivity index (χ1n) is 11.4. The van der Waals surface area contributed by atoms with Gasteiger partial charge in [-0.3, -0.25) is 4.79 Å². The number of allylic oxidation sites excluding steroid dienone is 2. The van der Waals surface area contributed by atoms with E-state index in [0.29, 0.717) is 18.5 Å². The molecular weight excluding hydrogens is 416 g/mol. The second-order valence-corrected chi connectivity index (χ2v) is 10.1. The molecule has 1 aromatic carbocycles. The van der Waals surface area contributed by atoms with Crippen molar-refractivity contribution in [2.45, 2.75) is 63.8 Å². The normalized spacial score (nSPS) is 27.6. The molecule has 3 atom stereocenters. The maximum absolute atomic E-state index is 12.8. The maximum Gasteiger partial charge on any atom is 0.291 e. The molecule has 1 aliphatic carbocycles. The second-order valence-electron chi connectivity index (χ2n) is 10.1. The van der Waals surface area contributed by atoms with Gasteiger partial charge in [-0.1, -0.05) is 38.1 Å². The number of nitriles is 1. The van der Waals surface area contributed by atoms with Crippen LogP contribution >= 0.6 is 0 Å². The van der Waals surface area contributed by atoms with Gasteiger partial charge < -0.3 is 20.1 Å². The minimum atomic E-state index is -0.981. The first-order valence-corrected chi connectivity index (χ1v) is 11.4. The number of fused-ring (bicyclic) bond motifs is 2. The number of rotatable bonds is 4. The Bertz CT molecular complexity index is 1190. The number of aromatic amines is 1. The smallest absolute Gasteiger partial charge is 0.291 e. The molecule has 170 valence electrons. The van der Waals surface area contributed by atoms with E-state index in [-0.39, 0.29) is 29.1 Å². The lowest BCUT2D eigenvalue weighted by Crippen LogP contribution is -2.39. The van der Waals surface area contributed by atoms with Gasteiger partial charge in [-0.15, -0.1) is 0 Å². The van der Waals surface area contributed by atoms with Gasteiger partial charge >= 0.3 is 0 Å². The summed E-state index contributed by atoms with van der Waals surface area (Å²) in [5.41, 5.74) is 3.10. The van der Waals surface area contributed by atoms with Crippen molar-refractivity contribution in [3.05, 3.63) is 65.3 Å². The van der Waals surface area contributed by atoms with E-state index in [1.54, 1.807) is 0 Å². The molecule has 2 unspecified atom stereocenters. The third-order valence-electron chi connectivity index (χ3n) is 7.00. The number of nitrogens with one attached hydrogen (secondary N) is 2. The van der Waals surface area contributed by atoms with Gasteiger partial charge in [0.05, 0.1) is 24.0 Å². The molecule has 0 saturated carbocycles. The number of nitrogens with zero attached hydrogens (tertiary/aromatic N) is 2. The Morgan fingerprint density at radius 1 is 1.30 bits per heavy atom. The molecular formula is C26H28N4O3. The molecule has 7 heteroatoms. The first-order chi connectivity index (χ1) is 15.7. The van der Waals surface area contributed by atoms with E-state index in [1.165, 1.54) is 11.8 Å².